The van der Waals surface area contributed by atoms with Gasteiger partial charge in [-0.3, -0.25) is 9.59 Å². The first kappa shape index (κ1) is 18.6. The number of furan rings is 1. The molecule has 2 aromatic heterocycles. The van der Waals surface area contributed by atoms with Gasteiger partial charge in [-0.25, -0.2) is 0 Å². The Bertz CT molecular complexity index is 1120. The summed E-state index contributed by atoms with van der Waals surface area (Å²) >= 11 is 1.07. The number of nitrogens with one attached hydrogen (secondary N) is 1. The minimum Gasteiger partial charge on any atom is -0.493 e. The third kappa shape index (κ3) is 4.50. The van der Waals surface area contributed by atoms with Crippen LogP contribution in [0.1, 0.15) is 16.1 Å². The minimum atomic E-state index is -2.97. The quantitative estimate of drug-likeness (QED) is 0.649. The highest BCUT2D eigenvalue weighted by molar-refractivity contribution is 7.07. The molecule has 0 spiro atoms. The second-order valence-corrected chi connectivity index (χ2v) is 6.29. The van der Waals surface area contributed by atoms with Crippen molar-refractivity contribution in [3.05, 3.63) is 67.5 Å². The van der Waals surface area contributed by atoms with E-state index in [1.807, 2.05) is 0 Å². The fourth-order valence-corrected chi connectivity index (χ4v) is 3.14. The summed E-state index contributed by atoms with van der Waals surface area (Å²) < 4.78 is 39.8. The standard InChI is InChI=1S/C18H13F2NO5S/c1-24-14-7-10(4-5-13(14)26-18(19)20)8-15-17(23)21-16(27-15)9-11(22)12-3-2-6-25-12/h2-9,18H,1H3,(H,21,23)/b15-8-,16-9-. The molecule has 0 bridgehead atoms. The van der Waals surface area contributed by atoms with Crippen LogP contribution in [-0.2, 0) is 0 Å². The predicted molar refractivity (Wildman–Crippen MR) is 94.9 cm³/mol. The molecule has 0 saturated heterocycles. The Balaban J connectivity index is 1.95. The summed E-state index contributed by atoms with van der Waals surface area (Å²) in [4.78, 5) is 26.7. The summed E-state index contributed by atoms with van der Waals surface area (Å²) in [6.45, 7) is -2.97. The van der Waals surface area contributed by atoms with Gasteiger partial charge in [-0.2, -0.15) is 8.78 Å². The average Bonchev–Trinajstić information content (AvgIpc) is 3.26. The summed E-state index contributed by atoms with van der Waals surface area (Å²) in [5.41, 5.74) is 0.162. The van der Waals surface area contributed by atoms with Crippen molar-refractivity contribution >= 4 is 29.3 Å². The lowest BCUT2D eigenvalue weighted by molar-refractivity contribution is -0.0512. The van der Waals surface area contributed by atoms with Crippen molar-refractivity contribution in [3.63, 3.8) is 0 Å². The molecule has 0 amide bonds. The van der Waals surface area contributed by atoms with Gasteiger partial charge in [-0.1, -0.05) is 6.07 Å². The van der Waals surface area contributed by atoms with Crippen LogP contribution in [-0.4, -0.2) is 24.5 Å². The van der Waals surface area contributed by atoms with Crippen LogP contribution < -0.4 is 24.2 Å². The zero-order valence-corrected chi connectivity index (χ0v) is 14.7. The largest absolute Gasteiger partial charge is 0.493 e. The van der Waals surface area contributed by atoms with Crippen molar-refractivity contribution in [1.82, 2.24) is 4.98 Å². The smallest absolute Gasteiger partial charge is 0.387 e. The molecule has 0 unspecified atom stereocenters. The molecule has 0 aliphatic rings. The van der Waals surface area contributed by atoms with Crippen molar-refractivity contribution < 1.29 is 27.5 Å². The van der Waals surface area contributed by atoms with Gasteiger partial charge in [0.05, 0.1) is 22.6 Å². The van der Waals surface area contributed by atoms with Gasteiger partial charge in [0.2, 0.25) is 5.78 Å². The Kier molecular flexibility index (Phi) is 5.51. The molecule has 140 valence electrons. The Morgan fingerprint density at radius 3 is 2.78 bits per heavy atom. The third-order valence-electron chi connectivity index (χ3n) is 3.41. The molecule has 1 aromatic carbocycles. The number of ketones is 1. The van der Waals surface area contributed by atoms with E-state index in [0.717, 1.165) is 11.3 Å². The summed E-state index contributed by atoms with van der Waals surface area (Å²) in [7, 11) is 1.32. The van der Waals surface area contributed by atoms with Crippen LogP contribution in [0, 0.1) is 0 Å². The monoisotopic (exact) mass is 393 g/mol. The number of aromatic amines is 1. The molecule has 2 heterocycles. The fraction of sp³-hybridized carbons (Fsp3) is 0.111. The maximum atomic E-state index is 12.4. The van der Waals surface area contributed by atoms with Crippen LogP contribution in [0.2, 0.25) is 0 Å². The summed E-state index contributed by atoms with van der Waals surface area (Å²) in [6, 6.07) is 7.41. The molecule has 0 saturated carbocycles. The van der Waals surface area contributed by atoms with Gasteiger partial charge in [-0.15, -0.1) is 11.3 Å². The van der Waals surface area contributed by atoms with Crippen molar-refractivity contribution in [1.29, 1.82) is 0 Å². The molecule has 6 nitrogen and oxygen atoms in total. The van der Waals surface area contributed by atoms with E-state index in [-0.39, 0.29) is 28.6 Å². The van der Waals surface area contributed by atoms with Crippen molar-refractivity contribution in [2.24, 2.45) is 0 Å². The molecule has 0 aliphatic carbocycles. The van der Waals surface area contributed by atoms with Gasteiger partial charge in [-0.05, 0) is 35.9 Å². The SMILES string of the molecule is COc1cc(/C=c2\s/c(=C\C(=O)c3ccco3)[nH]c2=O)ccc1OC(F)F. The van der Waals surface area contributed by atoms with E-state index in [1.54, 1.807) is 12.1 Å². The molecule has 3 rings (SSSR count). The number of carbonyl (C=O) groups is 1. The van der Waals surface area contributed by atoms with Gasteiger partial charge < -0.3 is 18.9 Å². The van der Waals surface area contributed by atoms with Crippen LogP contribution in [0.3, 0.4) is 0 Å². The van der Waals surface area contributed by atoms with Crippen molar-refractivity contribution in [2.75, 3.05) is 7.11 Å². The molecule has 1 N–H and O–H groups in total. The number of benzene rings is 1. The van der Waals surface area contributed by atoms with E-state index in [0.29, 0.717) is 14.8 Å². The zero-order valence-electron chi connectivity index (χ0n) is 13.9. The number of Topliss-reactive ketones (excluding diaryl/α,β-unsaturated/α-hetero) is 1. The number of halogens is 2. The number of alkyl halides is 2. The zero-order chi connectivity index (χ0) is 19.4. The highest BCUT2D eigenvalue weighted by Gasteiger charge is 2.11. The van der Waals surface area contributed by atoms with Gasteiger partial charge in [0, 0.05) is 6.08 Å². The average molecular weight is 393 g/mol. The predicted octanol–water partition coefficient (Wildman–Crippen LogP) is 2.13. The number of rotatable bonds is 6. The Hall–Kier alpha value is -3.20. The Morgan fingerprint density at radius 1 is 1.30 bits per heavy atom. The molecule has 3 aromatic rings. The van der Waals surface area contributed by atoms with E-state index < -0.39 is 6.61 Å². The van der Waals surface area contributed by atoms with Crippen LogP contribution in [0.15, 0.2) is 45.8 Å². The lowest BCUT2D eigenvalue weighted by Crippen LogP contribution is -2.20. The number of hydrogen-bond acceptors (Lipinski definition) is 6. The van der Waals surface area contributed by atoms with E-state index in [4.69, 9.17) is 9.15 Å². The van der Waals surface area contributed by atoms with Crippen LogP contribution >= 0.6 is 11.3 Å². The maximum Gasteiger partial charge on any atom is 0.387 e. The first-order valence-corrected chi connectivity index (χ1v) is 8.41. The van der Waals surface area contributed by atoms with Gasteiger partial charge in [0.15, 0.2) is 17.3 Å². The maximum absolute atomic E-state index is 12.4. The van der Waals surface area contributed by atoms with Crippen LogP contribution in [0.5, 0.6) is 11.5 Å². The first-order chi connectivity index (χ1) is 13.0. The second-order valence-electron chi connectivity index (χ2n) is 5.20. The van der Waals surface area contributed by atoms with Gasteiger partial charge in [0.1, 0.15) is 0 Å². The van der Waals surface area contributed by atoms with Crippen LogP contribution in [0.25, 0.3) is 12.2 Å². The molecule has 0 radical (unpaired) electrons. The number of hydrogen-bond donors (Lipinski definition) is 1. The van der Waals surface area contributed by atoms with Gasteiger partial charge >= 0.3 is 6.61 Å². The van der Waals surface area contributed by atoms with Gasteiger partial charge in [0.25, 0.3) is 5.56 Å². The van der Waals surface area contributed by atoms with Crippen molar-refractivity contribution in [3.8, 4) is 11.5 Å². The lowest BCUT2D eigenvalue weighted by Gasteiger charge is -2.09. The molecular weight excluding hydrogens is 380 g/mol. The number of H-pyrrole nitrogens is 1. The number of aromatic nitrogens is 1. The highest BCUT2D eigenvalue weighted by atomic mass is 32.1. The number of ether oxygens (including phenoxy) is 2. The van der Waals surface area contributed by atoms with E-state index in [1.165, 1.54) is 43.7 Å². The number of carbonyl (C=O) groups excluding carboxylic acids is 1. The van der Waals surface area contributed by atoms with Crippen molar-refractivity contribution in [2.45, 2.75) is 6.61 Å². The molecule has 0 atom stereocenters. The van der Waals surface area contributed by atoms with E-state index >= 15 is 0 Å². The summed E-state index contributed by atoms with van der Waals surface area (Å²) in [5, 5.41) is 0. The van der Waals surface area contributed by atoms with E-state index in [2.05, 4.69) is 9.72 Å². The topological polar surface area (TPSA) is 81.5 Å². The molecule has 27 heavy (non-hydrogen) atoms. The summed E-state index contributed by atoms with van der Waals surface area (Å²) in [6.07, 6.45) is 4.20. The summed E-state index contributed by atoms with van der Waals surface area (Å²) in [5.74, 6) is -0.215. The highest BCUT2D eigenvalue weighted by Crippen LogP contribution is 2.29. The minimum absolute atomic E-state index is 0.108. The van der Waals surface area contributed by atoms with Crippen LogP contribution in [0.4, 0.5) is 8.78 Å². The molecule has 9 heteroatoms. The number of methoxy groups -OCH3 is 1. The fourth-order valence-electron chi connectivity index (χ4n) is 2.25. The first-order valence-electron chi connectivity index (χ1n) is 7.59. The van der Waals surface area contributed by atoms with E-state index in [9.17, 15) is 18.4 Å². The Morgan fingerprint density at radius 2 is 2.11 bits per heavy atom. The molecule has 0 aliphatic heterocycles. The Labute approximate surface area is 155 Å². The molecular formula is C18H13F2NO5S. The number of thiazole rings is 1. The normalized spacial score (nSPS) is 12.6. The lowest BCUT2D eigenvalue weighted by atomic mass is 10.2. The second kappa shape index (κ2) is 8.00. The molecule has 0 fully saturated rings. The third-order valence-corrected chi connectivity index (χ3v) is 4.37.